The van der Waals surface area contributed by atoms with Crippen LogP contribution < -0.4 is 5.32 Å². The van der Waals surface area contributed by atoms with E-state index in [0.717, 1.165) is 31.7 Å². The van der Waals surface area contributed by atoms with Crippen molar-refractivity contribution in [2.75, 3.05) is 18.4 Å². The zero-order valence-corrected chi connectivity index (χ0v) is 20.7. The lowest BCUT2D eigenvalue weighted by Crippen LogP contribution is -2.53. The van der Waals surface area contributed by atoms with Gasteiger partial charge in [0.15, 0.2) is 5.65 Å². The topological polar surface area (TPSA) is 71.8 Å². The quantitative estimate of drug-likeness (QED) is 0.466. The molecule has 1 saturated heterocycles. The van der Waals surface area contributed by atoms with Crippen LogP contribution in [0, 0.1) is 5.41 Å². The van der Waals surface area contributed by atoms with Gasteiger partial charge in [0.25, 0.3) is 0 Å². The Bertz CT molecular complexity index is 1230. The molecule has 3 aromatic rings. The number of imidazole rings is 1. The molecule has 5 rings (SSSR count). The number of piperidine rings is 1. The van der Waals surface area contributed by atoms with Gasteiger partial charge in [0.1, 0.15) is 22.0 Å². The molecule has 35 heavy (non-hydrogen) atoms. The first kappa shape index (κ1) is 23.9. The van der Waals surface area contributed by atoms with Crippen molar-refractivity contribution < 1.29 is 22.7 Å². The van der Waals surface area contributed by atoms with Gasteiger partial charge < -0.3 is 15.0 Å². The summed E-state index contributed by atoms with van der Waals surface area (Å²) < 4.78 is 46.1. The van der Waals surface area contributed by atoms with E-state index in [1.165, 1.54) is 6.07 Å². The lowest BCUT2D eigenvalue weighted by molar-refractivity contribution is -0.134. The molecule has 0 aromatic carbocycles. The third-order valence-electron chi connectivity index (χ3n) is 6.69. The van der Waals surface area contributed by atoms with E-state index < -0.39 is 16.7 Å². The highest BCUT2D eigenvalue weighted by molar-refractivity contribution is 7.15. The molecule has 3 aromatic heterocycles. The summed E-state index contributed by atoms with van der Waals surface area (Å²) in [7, 11) is 0. The summed E-state index contributed by atoms with van der Waals surface area (Å²) in [5.74, 6) is 0.662. The van der Waals surface area contributed by atoms with Crippen LogP contribution in [-0.4, -0.2) is 50.3 Å². The number of ether oxygens (including phenoxy) is 1. The first-order chi connectivity index (χ1) is 16.4. The van der Waals surface area contributed by atoms with Gasteiger partial charge in [0.05, 0.1) is 11.1 Å². The molecule has 11 heteroatoms. The molecule has 4 heterocycles. The molecule has 0 atom stereocenters. The maximum Gasteiger partial charge on any atom is 0.425 e. The second kappa shape index (κ2) is 8.39. The number of alkyl halides is 3. The van der Waals surface area contributed by atoms with E-state index in [0.29, 0.717) is 46.5 Å². The van der Waals surface area contributed by atoms with Crippen molar-refractivity contribution in [1.82, 2.24) is 19.5 Å². The van der Waals surface area contributed by atoms with Crippen LogP contribution in [0.15, 0.2) is 30.5 Å². The van der Waals surface area contributed by atoms with Crippen molar-refractivity contribution in [3.8, 4) is 10.6 Å². The van der Waals surface area contributed by atoms with E-state index >= 15 is 0 Å². The van der Waals surface area contributed by atoms with E-state index in [2.05, 4.69) is 15.4 Å². The van der Waals surface area contributed by atoms with Crippen LogP contribution in [-0.2, 0) is 10.9 Å². The summed E-state index contributed by atoms with van der Waals surface area (Å²) in [4.78, 5) is 18.2. The summed E-state index contributed by atoms with van der Waals surface area (Å²) in [6.45, 7) is 7.01. The fraction of sp³-hybridized carbons (Fsp3) is 0.542. The van der Waals surface area contributed by atoms with Crippen LogP contribution in [0.4, 0.5) is 23.8 Å². The molecule has 0 radical (unpaired) electrons. The highest BCUT2D eigenvalue weighted by Crippen LogP contribution is 2.50. The Balaban J connectivity index is 1.21. The number of thiophene rings is 1. The Hall–Kier alpha value is -2.82. The zero-order valence-electron chi connectivity index (χ0n) is 19.9. The third kappa shape index (κ3) is 4.96. The Labute approximate surface area is 205 Å². The van der Waals surface area contributed by atoms with E-state index in [-0.39, 0.29) is 17.6 Å². The zero-order chi connectivity index (χ0) is 25.0. The largest absolute Gasteiger partial charge is 0.444 e. The number of nitrogens with zero attached hydrogens (tertiary/aromatic N) is 4. The molecule has 1 aliphatic carbocycles. The van der Waals surface area contributed by atoms with Gasteiger partial charge in [-0.3, -0.25) is 0 Å². The first-order valence-electron chi connectivity index (χ1n) is 11.7. The molecule has 1 spiro atoms. The van der Waals surface area contributed by atoms with Gasteiger partial charge in [-0.15, -0.1) is 16.4 Å². The minimum atomic E-state index is -4.37. The highest BCUT2D eigenvalue weighted by atomic mass is 32.1. The van der Waals surface area contributed by atoms with Gasteiger partial charge >= 0.3 is 12.3 Å². The van der Waals surface area contributed by atoms with Crippen LogP contribution in [0.25, 0.3) is 16.2 Å². The van der Waals surface area contributed by atoms with Crippen LogP contribution in [0.1, 0.15) is 51.3 Å². The predicted molar refractivity (Wildman–Crippen MR) is 127 cm³/mol. The number of nitrogens with one attached hydrogen (secondary N) is 1. The monoisotopic (exact) mass is 507 g/mol. The number of aromatic nitrogens is 3. The average Bonchev–Trinajstić information content (AvgIpc) is 3.38. The number of amides is 1. The molecule has 2 aliphatic rings. The van der Waals surface area contributed by atoms with Crippen LogP contribution in [0.3, 0.4) is 0 Å². The minimum absolute atomic E-state index is 0.228. The Morgan fingerprint density at radius 2 is 1.86 bits per heavy atom. The number of halogens is 3. The number of anilines is 1. The van der Waals surface area contributed by atoms with Crippen molar-refractivity contribution in [3.05, 3.63) is 35.3 Å². The van der Waals surface area contributed by atoms with Gasteiger partial charge in [0.2, 0.25) is 0 Å². The molecular weight excluding hydrogens is 479 g/mol. The van der Waals surface area contributed by atoms with Gasteiger partial charge in [-0.25, -0.2) is 14.3 Å². The first-order valence-corrected chi connectivity index (χ1v) is 12.5. The fourth-order valence-corrected chi connectivity index (χ4v) is 5.81. The van der Waals surface area contributed by atoms with Crippen molar-refractivity contribution in [2.45, 2.75) is 64.3 Å². The van der Waals surface area contributed by atoms with E-state index in [9.17, 15) is 18.0 Å². The van der Waals surface area contributed by atoms with Gasteiger partial charge in [-0.1, -0.05) is 0 Å². The lowest BCUT2D eigenvalue weighted by Gasteiger charge is -2.52. The molecule has 1 saturated carbocycles. The summed E-state index contributed by atoms with van der Waals surface area (Å²) in [5.41, 5.74) is 0.840. The molecule has 188 valence electrons. The fourth-order valence-electron chi connectivity index (χ4n) is 4.94. The number of carbonyl (C=O) groups is 1. The number of carbonyl (C=O) groups excluding carboxylic acids is 1. The Morgan fingerprint density at radius 1 is 1.14 bits per heavy atom. The Morgan fingerprint density at radius 3 is 2.49 bits per heavy atom. The van der Waals surface area contributed by atoms with Crippen molar-refractivity contribution in [3.63, 3.8) is 0 Å². The molecule has 7 nitrogen and oxygen atoms in total. The number of hydrogen-bond donors (Lipinski definition) is 1. The number of fused-ring (bicyclic) bond motifs is 1. The SMILES string of the molecule is CC(C)(C)OC(=O)N1CCC2(CC1)CC(Nc1ccc3ncc(-c4ccc(C(F)(F)F)s4)n3n1)C2. The van der Waals surface area contributed by atoms with E-state index in [1.54, 1.807) is 15.6 Å². The average molecular weight is 508 g/mol. The standard InChI is InChI=1S/C24H28F3N5O2S/c1-22(2,3)34-21(33)31-10-8-23(9-11-31)12-15(13-23)29-19-6-7-20-28-14-16(32(20)30-19)17-4-5-18(35-17)24(25,26)27/h4-7,14-15H,8-13H2,1-3H3,(H,29,30). The van der Waals surface area contributed by atoms with E-state index in [4.69, 9.17) is 4.74 Å². The summed E-state index contributed by atoms with van der Waals surface area (Å²) in [6.07, 6.45) is 0.812. The molecule has 0 bridgehead atoms. The second-order valence-electron chi connectivity index (χ2n) is 10.5. The summed E-state index contributed by atoms with van der Waals surface area (Å²) in [6, 6.07) is 6.46. The summed E-state index contributed by atoms with van der Waals surface area (Å²) >= 11 is 0.684. The highest BCUT2D eigenvalue weighted by Gasteiger charge is 2.47. The van der Waals surface area contributed by atoms with Crippen LogP contribution in [0.2, 0.25) is 0 Å². The predicted octanol–water partition coefficient (Wildman–Crippen LogP) is 6.07. The molecule has 0 unspecified atom stereocenters. The van der Waals surface area contributed by atoms with Crippen molar-refractivity contribution >= 4 is 28.9 Å². The van der Waals surface area contributed by atoms with Crippen LogP contribution >= 0.6 is 11.3 Å². The maximum atomic E-state index is 13.0. The number of likely N-dealkylation sites (tertiary alicyclic amines) is 1. The van der Waals surface area contributed by atoms with Gasteiger partial charge in [-0.2, -0.15) is 13.2 Å². The van der Waals surface area contributed by atoms with Crippen molar-refractivity contribution in [2.24, 2.45) is 5.41 Å². The number of rotatable bonds is 3. The second-order valence-corrected chi connectivity index (χ2v) is 11.6. The molecule has 1 aliphatic heterocycles. The number of hydrogen-bond acceptors (Lipinski definition) is 6. The third-order valence-corrected chi connectivity index (χ3v) is 7.84. The normalized spacial score (nSPS) is 18.6. The Kier molecular flexibility index (Phi) is 5.73. The molecule has 1 amide bonds. The maximum absolute atomic E-state index is 13.0. The molecule has 2 fully saturated rings. The lowest BCUT2D eigenvalue weighted by atomic mass is 9.60. The van der Waals surface area contributed by atoms with Gasteiger partial charge in [-0.05, 0) is 76.1 Å². The summed E-state index contributed by atoms with van der Waals surface area (Å²) in [5, 5.41) is 8.07. The minimum Gasteiger partial charge on any atom is -0.444 e. The molecular formula is C24H28F3N5O2S. The molecule has 1 N–H and O–H groups in total. The van der Waals surface area contributed by atoms with Crippen LogP contribution in [0.5, 0.6) is 0 Å². The van der Waals surface area contributed by atoms with Gasteiger partial charge in [0, 0.05) is 19.1 Å². The van der Waals surface area contributed by atoms with Crippen molar-refractivity contribution in [1.29, 1.82) is 0 Å². The van der Waals surface area contributed by atoms with E-state index in [1.807, 2.05) is 32.9 Å². The smallest absolute Gasteiger partial charge is 0.425 e.